The van der Waals surface area contributed by atoms with Gasteiger partial charge in [0.1, 0.15) is 5.75 Å². The van der Waals surface area contributed by atoms with Crippen molar-refractivity contribution in [2.75, 3.05) is 13.2 Å². The molecule has 1 aromatic heterocycles. The maximum Gasteiger partial charge on any atom is 0.228 e. The van der Waals surface area contributed by atoms with E-state index in [1.807, 2.05) is 12.1 Å². The summed E-state index contributed by atoms with van der Waals surface area (Å²) in [6.45, 7) is 1.27. The minimum Gasteiger partial charge on any atom is -0.493 e. The van der Waals surface area contributed by atoms with Crippen molar-refractivity contribution in [3.63, 3.8) is 0 Å². The normalized spacial score (nSPS) is 12.7. The van der Waals surface area contributed by atoms with E-state index in [1.54, 1.807) is 0 Å². The van der Waals surface area contributed by atoms with Crippen molar-refractivity contribution in [3.05, 3.63) is 29.7 Å². The molecule has 0 amide bonds. The van der Waals surface area contributed by atoms with Crippen LogP contribution in [0.25, 0.3) is 11.4 Å². The number of halogens is 1. The third kappa shape index (κ3) is 2.32. The van der Waals surface area contributed by atoms with Gasteiger partial charge in [0.25, 0.3) is 0 Å². The number of benzene rings is 1. The number of ether oxygens (including phenoxy) is 1. The summed E-state index contributed by atoms with van der Waals surface area (Å²) >= 11 is 0. The van der Waals surface area contributed by atoms with Gasteiger partial charge in [0.2, 0.25) is 11.7 Å². The van der Waals surface area contributed by atoms with Gasteiger partial charge in [-0.3, -0.25) is 0 Å². The number of aromatic nitrogens is 2. The van der Waals surface area contributed by atoms with E-state index in [-0.39, 0.29) is 12.4 Å². The van der Waals surface area contributed by atoms with Gasteiger partial charge in [-0.05, 0) is 23.8 Å². The van der Waals surface area contributed by atoms with Crippen molar-refractivity contribution in [1.29, 1.82) is 0 Å². The van der Waals surface area contributed by atoms with Gasteiger partial charge in [0, 0.05) is 24.9 Å². The molecule has 18 heavy (non-hydrogen) atoms. The van der Waals surface area contributed by atoms with E-state index in [0.29, 0.717) is 24.7 Å². The summed E-state index contributed by atoms with van der Waals surface area (Å²) in [7, 11) is 0. The van der Waals surface area contributed by atoms with Crippen molar-refractivity contribution in [2.24, 2.45) is 5.73 Å². The predicted molar refractivity (Wildman–Crippen MR) is 68.9 cm³/mol. The first-order valence-corrected chi connectivity index (χ1v) is 5.65. The second-order valence-electron chi connectivity index (χ2n) is 3.97. The predicted octanol–water partition coefficient (Wildman–Crippen LogP) is 1.59. The zero-order valence-electron chi connectivity index (χ0n) is 9.76. The van der Waals surface area contributed by atoms with Crippen molar-refractivity contribution in [1.82, 2.24) is 10.1 Å². The van der Waals surface area contributed by atoms with E-state index in [9.17, 15) is 0 Å². The molecule has 0 atom stereocenters. The molecule has 3 rings (SSSR count). The Kier molecular flexibility index (Phi) is 3.84. The highest BCUT2D eigenvalue weighted by Gasteiger charge is 2.15. The summed E-state index contributed by atoms with van der Waals surface area (Å²) in [4.78, 5) is 4.30. The number of nitrogens with zero attached hydrogens (tertiary/aromatic N) is 2. The van der Waals surface area contributed by atoms with Crippen LogP contribution in [0.2, 0.25) is 0 Å². The first-order valence-electron chi connectivity index (χ1n) is 5.65. The highest BCUT2D eigenvalue weighted by atomic mass is 35.5. The van der Waals surface area contributed by atoms with Crippen LogP contribution in [0.15, 0.2) is 22.7 Å². The zero-order valence-corrected chi connectivity index (χ0v) is 10.6. The van der Waals surface area contributed by atoms with Crippen LogP contribution in [0.3, 0.4) is 0 Å². The van der Waals surface area contributed by atoms with Crippen molar-refractivity contribution >= 4 is 12.4 Å². The van der Waals surface area contributed by atoms with E-state index >= 15 is 0 Å². The zero-order chi connectivity index (χ0) is 11.7. The molecule has 0 bridgehead atoms. The molecule has 1 aliphatic rings. The van der Waals surface area contributed by atoms with Gasteiger partial charge in [-0.1, -0.05) is 5.16 Å². The molecule has 2 aromatic rings. The first-order chi connectivity index (χ1) is 8.36. The number of hydrogen-bond acceptors (Lipinski definition) is 5. The molecule has 0 unspecified atom stereocenters. The minimum absolute atomic E-state index is 0. The summed E-state index contributed by atoms with van der Waals surface area (Å²) in [5, 5.41) is 3.95. The summed E-state index contributed by atoms with van der Waals surface area (Å²) in [5.41, 5.74) is 7.60. The van der Waals surface area contributed by atoms with Crippen LogP contribution >= 0.6 is 12.4 Å². The Morgan fingerprint density at radius 2 is 2.22 bits per heavy atom. The molecule has 1 aliphatic heterocycles. The Labute approximate surface area is 111 Å². The van der Waals surface area contributed by atoms with Crippen LogP contribution in [0.1, 0.15) is 11.5 Å². The molecule has 6 heteroatoms. The number of fused-ring (bicyclic) bond motifs is 1. The molecule has 2 N–H and O–H groups in total. The molecule has 5 nitrogen and oxygen atoms in total. The van der Waals surface area contributed by atoms with Crippen LogP contribution < -0.4 is 10.5 Å². The van der Waals surface area contributed by atoms with Crippen LogP contribution in [0.4, 0.5) is 0 Å². The Morgan fingerprint density at radius 3 is 3.06 bits per heavy atom. The second-order valence-corrected chi connectivity index (χ2v) is 3.97. The lowest BCUT2D eigenvalue weighted by molar-refractivity contribution is 0.357. The molecule has 0 fully saturated rings. The molecular formula is C12H14ClN3O2. The van der Waals surface area contributed by atoms with Gasteiger partial charge in [0.05, 0.1) is 6.61 Å². The quantitative estimate of drug-likeness (QED) is 0.914. The molecular weight excluding hydrogens is 254 g/mol. The fourth-order valence-corrected chi connectivity index (χ4v) is 1.92. The van der Waals surface area contributed by atoms with Crippen molar-refractivity contribution < 1.29 is 9.26 Å². The Morgan fingerprint density at radius 1 is 1.33 bits per heavy atom. The molecule has 0 saturated heterocycles. The standard InChI is InChI=1S/C12H13N3O2.ClH/c13-5-3-11-14-12(15-17-11)9-1-2-10-8(7-9)4-6-16-10;/h1-2,7H,3-6,13H2;1H. The SMILES string of the molecule is Cl.NCCc1nc(-c2ccc3c(c2)CCO3)no1. The fraction of sp³-hybridized carbons (Fsp3) is 0.333. The van der Waals surface area contributed by atoms with E-state index in [0.717, 1.165) is 24.3 Å². The first kappa shape index (κ1) is 12.9. The molecule has 1 aromatic carbocycles. The molecule has 0 aliphatic carbocycles. The molecule has 96 valence electrons. The lowest BCUT2D eigenvalue weighted by atomic mass is 10.1. The summed E-state index contributed by atoms with van der Waals surface area (Å²) < 4.78 is 10.6. The minimum atomic E-state index is 0. The maximum absolute atomic E-state index is 5.45. The van der Waals surface area contributed by atoms with Crippen molar-refractivity contribution in [3.8, 4) is 17.1 Å². The third-order valence-electron chi connectivity index (χ3n) is 2.77. The molecule has 2 heterocycles. The van der Waals surface area contributed by atoms with Crippen LogP contribution in [0.5, 0.6) is 5.75 Å². The Balaban J connectivity index is 0.00000120. The van der Waals surface area contributed by atoms with Crippen LogP contribution in [0, 0.1) is 0 Å². The van der Waals surface area contributed by atoms with Crippen LogP contribution in [-0.2, 0) is 12.8 Å². The highest BCUT2D eigenvalue weighted by Crippen LogP contribution is 2.29. The van der Waals surface area contributed by atoms with Gasteiger partial charge in [-0.25, -0.2) is 0 Å². The summed E-state index contributed by atoms with van der Waals surface area (Å²) in [6.07, 6.45) is 1.55. The third-order valence-corrected chi connectivity index (χ3v) is 2.77. The lowest BCUT2D eigenvalue weighted by Crippen LogP contribution is -2.02. The number of hydrogen-bond donors (Lipinski definition) is 1. The van der Waals surface area contributed by atoms with E-state index in [4.69, 9.17) is 15.0 Å². The van der Waals surface area contributed by atoms with Crippen LogP contribution in [-0.4, -0.2) is 23.3 Å². The second kappa shape index (κ2) is 5.37. The summed E-state index contributed by atoms with van der Waals surface area (Å²) in [6, 6.07) is 5.96. The largest absolute Gasteiger partial charge is 0.493 e. The summed E-state index contributed by atoms with van der Waals surface area (Å²) in [5.74, 6) is 2.15. The molecule has 0 spiro atoms. The smallest absolute Gasteiger partial charge is 0.228 e. The van der Waals surface area contributed by atoms with E-state index in [1.165, 1.54) is 5.56 Å². The average molecular weight is 268 g/mol. The topological polar surface area (TPSA) is 74.2 Å². The monoisotopic (exact) mass is 267 g/mol. The van der Waals surface area contributed by atoms with Gasteiger partial charge < -0.3 is 15.0 Å². The van der Waals surface area contributed by atoms with E-state index < -0.39 is 0 Å². The van der Waals surface area contributed by atoms with Gasteiger partial charge >= 0.3 is 0 Å². The average Bonchev–Trinajstić information content (AvgIpc) is 2.96. The molecule has 0 radical (unpaired) electrons. The molecule has 0 saturated carbocycles. The van der Waals surface area contributed by atoms with Gasteiger partial charge in [-0.15, -0.1) is 12.4 Å². The van der Waals surface area contributed by atoms with E-state index in [2.05, 4.69) is 16.2 Å². The number of nitrogens with two attached hydrogens (primary N) is 1. The van der Waals surface area contributed by atoms with Gasteiger partial charge in [0.15, 0.2) is 0 Å². The van der Waals surface area contributed by atoms with Crippen molar-refractivity contribution in [2.45, 2.75) is 12.8 Å². The van der Waals surface area contributed by atoms with Gasteiger partial charge in [-0.2, -0.15) is 4.98 Å². The number of rotatable bonds is 3. The maximum atomic E-state index is 5.45. The fourth-order valence-electron chi connectivity index (χ4n) is 1.92. The lowest BCUT2D eigenvalue weighted by Gasteiger charge is -1.99. The Bertz CT molecular complexity index is 542. The highest BCUT2D eigenvalue weighted by molar-refractivity contribution is 5.85. The Hall–Kier alpha value is -1.59.